The lowest BCUT2D eigenvalue weighted by Crippen LogP contribution is -2.44. The third kappa shape index (κ3) is 2.36. The molecule has 1 aliphatic heterocycles. The molecular formula is C18H16O3Si3. The van der Waals surface area contributed by atoms with Crippen LogP contribution in [0.3, 0.4) is 0 Å². The van der Waals surface area contributed by atoms with E-state index in [-0.39, 0.29) is 0 Å². The van der Waals surface area contributed by atoms with E-state index in [2.05, 4.69) is 66.7 Å². The molecule has 1 saturated heterocycles. The molecule has 0 atom stereocenters. The maximum atomic E-state index is 5.92. The second-order valence-corrected chi connectivity index (χ2v) is 12.1. The molecule has 1 heterocycles. The number of fused-ring (bicyclic) bond motifs is 4. The van der Waals surface area contributed by atoms with Crippen LogP contribution < -0.4 is 5.19 Å². The maximum Gasteiger partial charge on any atom is 0.338 e. The number of hydrogen-bond acceptors (Lipinski definition) is 3. The Morgan fingerprint density at radius 2 is 1.33 bits per heavy atom. The zero-order valence-corrected chi connectivity index (χ0v) is 17.1. The zero-order valence-electron chi connectivity index (χ0n) is 13.1. The van der Waals surface area contributed by atoms with Gasteiger partial charge in [0.1, 0.15) is 0 Å². The van der Waals surface area contributed by atoms with Crippen LogP contribution in [-0.4, -0.2) is 29.3 Å². The van der Waals surface area contributed by atoms with Gasteiger partial charge in [-0.3, -0.25) is 0 Å². The lowest BCUT2D eigenvalue weighted by atomic mass is 9.98. The van der Waals surface area contributed by atoms with Crippen LogP contribution in [0.2, 0.25) is 0 Å². The predicted octanol–water partition coefficient (Wildman–Crippen LogP) is 1.63. The van der Waals surface area contributed by atoms with Gasteiger partial charge < -0.3 is 12.3 Å². The summed E-state index contributed by atoms with van der Waals surface area (Å²) in [4.78, 5) is 0. The summed E-state index contributed by atoms with van der Waals surface area (Å²) in [6.07, 6.45) is 0. The molecular weight excluding hydrogens is 348 g/mol. The summed E-state index contributed by atoms with van der Waals surface area (Å²) < 4.78 is 17.3. The second-order valence-electron chi connectivity index (χ2n) is 6.03. The van der Waals surface area contributed by atoms with Gasteiger partial charge in [-0.05, 0) is 49.6 Å². The van der Waals surface area contributed by atoms with Crippen molar-refractivity contribution in [2.24, 2.45) is 0 Å². The molecule has 0 unspecified atom stereocenters. The summed E-state index contributed by atoms with van der Waals surface area (Å²) in [7, 11) is -3.41. The standard InChI is InChI=1S/C18H16O3Si3/c1-2-6-15-12(4-1)8-9-14-11-17-13(10-16(14)15)5-3-7-18(17)24-20-22-19-23-21-24/h1-11,24H,22-23H2. The minimum atomic E-state index is -1.77. The molecule has 0 saturated carbocycles. The van der Waals surface area contributed by atoms with Crippen molar-refractivity contribution in [3.8, 4) is 0 Å². The van der Waals surface area contributed by atoms with Gasteiger partial charge >= 0.3 is 9.28 Å². The Kier molecular flexibility index (Phi) is 3.58. The van der Waals surface area contributed by atoms with E-state index in [1.54, 1.807) is 0 Å². The van der Waals surface area contributed by atoms with Gasteiger partial charge in [-0.25, -0.2) is 0 Å². The molecule has 4 aromatic carbocycles. The van der Waals surface area contributed by atoms with Crippen molar-refractivity contribution in [1.29, 1.82) is 0 Å². The summed E-state index contributed by atoms with van der Waals surface area (Å²) in [5, 5.41) is 8.93. The normalized spacial score (nSPS) is 20.4. The Bertz CT molecular complexity index is 1060. The summed E-state index contributed by atoms with van der Waals surface area (Å²) in [6.45, 7) is 0. The van der Waals surface area contributed by atoms with E-state index in [1.165, 1.54) is 37.5 Å². The molecule has 0 amide bonds. The van der Waals surface area contributed by atoms with Crippen molar-refractivity contribution in [3.63, 3.8) is 0 Å². The van der Waals surface area contributed by atoms with Crippen molar-refractivity contribution in [2.45, 2.75) is 0 Å². The second kappa shape index (κ2) is 5.92. The topological polar surface area (TPSA) is 27.7 Å². The quantitative estimate of drug-likeness (QED) is 0.292. The van der Waals surface area contributed by atoms with Crippen LogP contribution in [0.25, 0.3) is 32.3 Å². The highest BCUT2D eigenvalue weighted by Gasteiger charge is 2.22. The maximum absolute atomic E-state index is 5.92. The lowest BCUT2D eigenvalue weighted by Gasteiger charge is -2.23. The molecule has 3 nitrogen and oxygen atoms in total. The summed E-state index contributed by atoms with van der Waals surface area (Å²) in [6, 6.07) is 24.0. The number of benzene rings is 4. The molecule has 0 spiro atoms. The fraction of sp³-hybridized carbons (Fsp3) is 0. The van der Waals surface area contributed by atoms with Gasteiger partial charge in [0.15, 0.2) is 0 Å². The predicted molar refractivity (Wildman–Crippen MR) is 106 cm³/mol. The first kappa shape index (κ1) is 14.5. The molecule has 1 aliphatic rings. The van der Waals surface area contributed by atoms with E-state index >= 15 is 0 Å². The fourth-order valence-electron chi connectivity index (χ4n) is 3.49. The van der Waals surface area contributed by atoms with Gasteiger partial charge in [-0.1, -0.05) is 54.6 Å². The molecule has 0 aromatic heterocycles. The van der Waals surface area contributed by atoms with Gasteiger partial charge in [0.05, 0.1) is 0 Å². The minimum Gasteiger partial charge on any atom is -0.425 e. The van der Waals surface area contributed by atoms with Crippen LogP contribution in [0.5, 0.6) is 0 Å². The van der Waals surface area contributed by atoms with Crippen LogP contribution in [0.1, 0.15) is 0 Å². The molecule has 0 bridgehead atoms. The van der Waals surface area contributed by atoms with Gasteiger partial charge in [0, 0.05) is 0 Å². The van der Waals surface area contributed by atoms with Crippen molar-refractivity contribution < 1.29 is 12.3 Å². The van der Waals surface area contributed by atoms with Crippen molar-refractivity contribution in [2.75, 3.05) is 0 Å². The van der Waals surface area contributed by atoms with Gasteiger partial charge in [-0.2, -0.15) is 0 Å². The molecule has 24 heavy (non-hydrogen) atoms. The summed E-state index contributed by atoms with van der Waals surface area (Å²) >= 11 is 0. The molecule has 0 N–H and O–H groups in total. The van der Waals surface area contributed by atoms with Crippen LogP contribution in [0, 0.1) is 0 Å². The third-order valence-electron chi connectivity index (χ3n) is 4.64. The van der Waals surface area contributed by atoms with Crippen molar-refractivity contribution in [3.05, 3.63) is 66.7 Å². The molecule has 6 heteroatoms. The average Bonchev–Trinajstić information content (AvgIpc) is 2.66. The zero-order chi connectivity index (χ0) is 15.9. The number of rotatable bonds is 1. The lowest BCUT2D eigenvalue weighted by molar-refractivity contribution is 0.334. The van der Waals surface area contributed by atoms with E-state index in [0.29, 0.717) is 0 Å². The van der Waals surface area contributed by atoms with Gasteiger partial charge in [-0.15, -0.1) is 0 Å². The highest BCUT2D eigenvalue weighted by atomic mass is 28.4. The molecule has 118 valence electrons. The first-order chi connectivity index (χ1) is 11.9. The Hall–Kier alpha value is -1.81. The Balaban J connectivity index is 1.79. The first-order valence-corrected chi connectivity index (χ1v) is 11.9. The minimum absolute atomic E-state index is 0.820. The monoisotopic (exact) mass is 364 g/mol. The molecule has 0 radical (unpaired) electrons. The Morgan fingerprint density at radius 3 is 2.25 bits per heavy atom. The van der Waals surface area contributed by atoms with Crippen molar-refractivity contribution in [1.82, 2.24) is 0 Å². The van der Waals surface area contributed by atoms with Crippen LogP contribution >= 0.6 is 0 Å². The fourth-order valence-corrected chi connectivity index (χ4v) is 10.7. The smallest absolute Gasteiger partial charge is 0.338 e. The van der Waals surface area contributed by atoms with Crippen LogP contribution in [0.15, 0.2) is 66.7 Å². The SMILES string of the molecule is c1cc([SiH]2O[SiH2]O[SiH2]O2)c2cc3ccc4ccccc4c3cc2c1. The third-order valence-corrected chi connectivity index (χ3v) is 10.5. The molecule has 4 aromatic rings. The van der Waals surface area contributed by atoms with Crippen LogP contribution in [0.4, 0.5) is 0 Å². The first-order valence-electron chi connectivity index (χ1n) is 8.05. The average molecular weight is 365 g/mol. The Morgan fingerprint density at radius 1 is 0.625 bits per heavy atom. The molecule has 1 fully saturated rings. The van der Waals surface area contributed by atoms with E-state index < -0.39 is 29.3 Å². The summed E-state index contributed by atoms with van der Waals surface area (Å²) in [5.41, 5.74) is 0. The van der Waals surface area contributed by atoms with E-state index in [0.717, 1.165) is 0 Å². The Labute approximate surface area is 146 Å². The van der Waals surface area contributed by atoms with E-state index in [4.69, 9.17) is 12.3 Å². The van der Waals surface area contributed by atoms with E-state index in [9.17, 15) is 0 Å². The van der Waals surface area contributed by atoms with Crippen LogP contribution in [-0.2, 0) is 12.3 Å². The van der Waals surface area contributed by atoms with E-state index in [1.807, 2.05) is 0 Å². The van der Waals surface area contributed by atoms with Gasteiger partial charge in [0.2, 0.25) is 0 Å². The highest BCUT2D eigenvalue weighted by Crippen LogP contribution is 2.29. The van der Waals surface area contributed by atoms with Gasteiger partial charge in [0.25, 0.3) is 20.0 Å². The number of hydrogen-bond donors (Lipinski definition) is 0. The molecule has 0 aliphatic carbocycles. The summed E-state index contributed by atoms with van der Waals surface area (Å²) in [5.74, 6) is 0. The molecule has 5 rings (SSSR count). The van der Waals surface area contributed by atoms with Crippen molar-refractivity contribution >= 4 is 66.8 Å². The largest absolute Gasteiger partial charge is 0.425 e. The highest BCUT2D eigenvalue weighted by molar-refractivity contribution is 6.73.